The van der Waals surface area contributed by atoms with Crippen molar-refractivity contribution in [2.24, 2.45) is 0 Å². The topological polar surface area (TPSA) is 61.8 Å². The normalized spacial score (nSPS) is 9.43. The van der Waals surface area contributed by atoms with E-state index in [1.807, 2.05) is 12.1 Å². The number of nitrogens with one attached hydrogen (secondary N) is 1. The molecule has 0 aromatic heterocycles. The molecule has 3 nitrogen and oxygen atoms in total. The highest BCUT2D eigenvalue weighted by molar-refractivity contribution is 5.69. The first-order valence-electron chi connectivity index (χ1n) is 4.82. The van der Waals surface area contributed by atoms with Crippen molar-refractivity contribution in [2.45, 2.75) is 19.8 Å². The average Bonchev–Trinajstić information content (AvgIpc) is 2.18. The molecule has 0 unspecified atom stereocenters. The number of nitrogens with two attached hydrogens (primary N) is 1. The van der Waals surface area contributed by atoms with E-state index in [4.69, 9.17) is 11.0 Å². The van der Waals surface area contributed by atoms with Crippen molar-refractivity contribution in [1.82, 2.24) is 0 Å². The molecule has 0 aliphatic rings. The summed E-state index contributed by atoms with van der Waals surface area (Å²) < 4.78 is 0. The second kappa shape index (κ2) is 5.13. The van der Waals surface area contributed by atoms with Gasteiger partial charge < -0.3 is 11.1 Å². The fourth-order valence-electron chi connectivity index (χ4n) is 1.24. The molecule has 1 aromatic rings. The third-order valence-corrected chi connectivity index (χ3v) is 2.05. The molecule has 3 N–H and O–H groups in total. The summed E-state index contributed by atoms with van der Waals surface area (Å²) in [6, 6.07) is 7.57. The number of unbranched alkanes of at least 4 members (excludes halogenated alkanes) is 1. The SMILES string of the molecule is CCCCNc1cccc(N)c1C#N. The molecule has 0 radical (unpaired) electrons. The van der Waals surface area contributed by atoms with Crippen molar-refractivity contribution in [3.63, 3.8) is 0 Å². The Hall–Kier alpha value is -1.69. The van der Waals surface area contributed by atoms with E-state index >= 15 is 0 Å². The Morgan fingerprint density at radius 3 is 2.93 bits per heavy atom. The number of rotatable bonds is 4. The molecule has 0 heterocycles. The molecule has 74 valence electrons. The zero-order valence-corrected chi connectivity index (χ0v) is 8.38. The number of nitriles is 1. The van der Waals surface area contributed by atoms with E-state index < -0.39 is 0 Å². The van der Waals surface area contributed by atoms with Gasteiger partial charge in [0.25, 0.3) is 0 Å². The molecule has 0 aliphatic carbocycles. The molecule has 0 spiro atoms. The highest BCUT2D eigenvalue weighted by atomic mass is 14.9. The van der Waals surface area contributed by atoms with Crippen LogP contribution in [0.25, 0.3) is 0 Å². The van der Waals surface area contributed by atoms with Crippen LogP contribution in [0, 0.1) is 11.3 Å². The molecule has 0 atom stereocenters. The Morgan fingerprint density at radius 1 is 1.50 bits per heavy atom. The highest BCUT2D eigenvalue weighted by Crippen LogP contribution is 2.20. The van der Waals surface area contributed by atoms with Gasteiger partial charge in [-0.25, -0.2) is 0 Å². The molecule has 0 bridgehead atoms. The lowest BCUT2D eigenvalue weighted by molar-refractivity contribution is 0.834. The lowest BCUT2D eigenvalue weighted by atomic mass is 10.1. The van der Waals surface area contributed by atoms with Gasteiger partial charge in [-0.2, -0.15) is 5.26 Å². The Balaban J connectivity index is 2.76. The van der Waals surface area contributed by atoms with Crippen LogP contribution in [0.2, 0.25) is 0 Å². The van der Waals surface area contributed by atoms with Crippen molar-refractivity contribution < 1.29 is 0 Å². The fraction of sp³-hybridized carbons (Fsp3) is 0.364. The van der Waals surface area contributed by atoms with Gasteiger partial charge in [-0.3, -0.25) is 0 Å². The van der Waals surface area contributed by atoms with E-state index in [-0.39, 0.29) is 0 Å². The number of nitrogens with zero attached hydrogens (tertiary/aromatic N) is 1. The van der Waals surface area contributed by atoms with Crippen LogP contribution < -0.4 is 11.1 Å². The number of anilines is 2. The molecule has 0 fully saturated rings. The van der Waals surface area contributed by atoms with Gasteiger partial charge in [0.15, 0.2) is 0 Å². The maximum atomic E-state index is 8.89. The van der Waals surface area contributed by atoms with Crippen LogP contribution >= 0.6 is 0 Å². The summed E-state index contributed by atoms with van der Waals surface area (Å²) in [4.78, 5) is 0. The number of nitrogen functional groups attached to an aromatic ring is 1. The van der Waals surface area contributed by atoms with E-state index in [1.54, 1.807) is 6.07 Å². The van der Waals surface area contributed by atoms with Crippen LogP contribution in [0.5, 0.6) is 0 Å². The lowest BCUT2D eigenvalue weighted by Gasteiger charge is -2.08. The van der Waals surface area contributed by atoms with E-state index in [0.717, 1.165) is 25.1 Å². The summed E-state index contributed by atoms with van der Waals surface area (Å²) in [5, 5.41) is 12.1. The maximum Gasteiger partial charge on any atom is 0.103 e. The van der Waals surface area contributed by atoms with E-state index in [2.05, 4.69) is 18.3 Å². The van der Waals surface area contributed by atoms with Crippen molar-refractivity contribution in [3.8, 4) is 6.07 Å². The monoisotopic (exact) mass is 189 g/mol. The lowest BCUT2D eigenvalue weighted by Crippen LogP contribution is -2.04. The van der Waals surface area contributed by atoms with Gasteiger partial charge >= 0.3 is 0 Å². The predicted molar refractivity (Wildman–Crippen MR) is 59.0 cm³/mol. The quantitative estimate of drug-likeness (QED) is 0.564. The minimum absolute atomic E-state index is 0.536. The average molecular weight is 189 g/mol. The first kappa shape index (κ1) is 10.4. The first-order chi connectivity index (χ1) is 6.79. The Bertz CT molecular complexity index is 339. The standard InChI is InChI=1S/C11H15N3/c1-2-3-7-14-11-6-4-5-10(13)9(11)8-12/h4-6,14H,2-3,7,13H2,1H3. The van der Waals surface area contributed by atoms with Crippen LogP contribution in [0.3, 0.4) is 0 Å². The Kier molecular flexibility index (Phi) is 3.81. The molecule has 0 saturated heterocycles. The van der Waals surface area contributed by atoms with E-state index in [9.17, 15) is 0 Å². The first-order valence-corrected chi connectivity index (χ1v) is 4.82. The molecule has 0 saturated carbocycles. The van der Waals surface area contributed by atoms with E-state index in [1.165, 1.54) is 0 Å². The number of hydrogen-bond acceptors (Lipinski definition) is 3. The largest absolute Gasteiger partial charge is 0.398 e. The smallest absolute Gasteiger partial charge is 0.103 e. The van der Waals surface area contributed by atoms with Gasteiger partial charge in [0.1, 0.15) is 6.07 Å². The van der Waals surface area contributed by atoms with Gasteiger partial charge in [-0.1, -0.05) is 19.4 Å². The molecule has 0 amide bonds. The number of hydrogen-bond donors (Lipinski definition) is 2. The van der Waals surface area contributed by atoms with Gasteiger partial charge in [0, 0.05) is 6.54 Å². The van der Waals surface area contributed by atoms with Gasteiger partial charge in [-0.15, -0.1) is 0 Å². The van der Waals surface area contributed by atoms with Crippen LogP contribution in [0.1, 0.15) is 25.3 Å². The van der Waals surface area contributed by atoms with Crippen LogP contribution in [-0.2, 0) is 0 Å². The molecular formula is C11H15N3. The van der Waals surface area contributed by atoms with Gasteiger partial charge in [-0.05, 0) is 18.6 Å². The van der Waals surface area contributed by atoms with Crippen molar-refractivity contribution in [3.05, 3.63) is 23.8 Å². The highest BCUT2D eigenvalue weighted by Gasteiger charge is 2.03. The zero-order chi connectivity index (χ0) is 10.4. The van der Waals surface area contributed by atoms with Gasteiger partial charge in [0.05, 0.1) is 16.9 Å². The fourth-order valence-corrected chi connectivity index (χ4v) is 1.24. The molecule has 3 heteroatoms. The minimum atomic E-state index is 0.536. The second-order valence-electron chi connectivity index (χ2n) is 3.16. The summed E-state index contributed by atoms with van der Waals surface area (Å²) in [7, 11) is 0. The third-order valence-electron chi connectivity index (χ3n) is 2.05. The summed E-state index contributed by atoms with van der Waals surface area (Å²) in [5.74, 6) is 0. The summed E-state index contributed by atoms with van der Waals surface area (Å²) >= 11 is 0. The van der Waals surface area contributed by atoms with Gasteiger partial charge in [0.2, 0.25) is 0 Å². The Labute approximate surface area is 84.5 Å². The van der Waals surface area contributed by atoms with Crippen molar-refractivity contribution in [1.29, 1.82) is 5.26 Å². The molecule has 14 heavy (non-hydrogen) atoms. The van der Waals surface area contributed by atoms with Crippen molar-refractivity contribution >= 4 is 11.4 Å². The molecule has 0 aliphatic heterocycles. The Morgan fingerprint density at radius 2 is 2.29 bits per heavy atom. The zero-order valence-electron chi connectivity index (χ0n) is 8.38. The predicted octanol–water partition coefficient (Wildman–Crippen LogP) is 2.35. The second-order valence-corrected chi connectivity index (χ2v) is 3.16. The molecule has 1 rings (SSSR count). The molecule has 1 aromatic carbocycles. The minimum Gasteiger partial charge on any atom is -0.398 e. The van der Waals surface area contributed by atoms with Crippen molar-refractivity contribution in [2.75, 3.05) is 17.6 Å². The van der Waals surface area contributed by atoms with E-state index in [0.29, 0.717) is 11.3 Å². The third kappa shape index (κ3) is 2.40. The summed E-state index contributed by atoms with van der Waals surface area (Å²) in [5.41, 5.74) is 7.59. The van der Waals surface area contributed by atoms with Crippen LogP contribution in [0.4, 0.5) is 11.4 Å². The summed E-state index contributed by atoms with van der Waals surface area (Å²) in [6.45, 7) is 3.01. The molecular weight excluding hydrogens is 174 g/mol. The summed E-state index contributed by atoms with van der Waals surface area (Å²) in [6.07, 6.45) is 2.23. The maximum absolute atomic E-state index is 8.89. The number of benzene rings is 1. The van der Waals surface area contributed by atoms with Crippen LogP contribution in [0.15, 0.2) is 18.2 Å². The van der Waals surface area contributed by atoms with Crippen LogP contribution in [-0.4, -0.2) is 6.54 Å².